The maximum Gasteiger partial charge on any atom is 0.229 e. The molecular formula is C15H24N4O4. The average Bonchev–Trinajstić information content (AvgIpc) is 2.96. The summed E-state index contributed by atoms with van der Waals surface area (Å²) in [4.78, 5) is 26.0. The molecule has 1 aliphatic rings. The lowest BCUT2D eigenvalue weighted by Crippen LogP contribution is -2.52. The van der Waals surface area contributed by atoms with E-state index in [-0.39, 0.29) is 30.4 Å². The zero-order chi connectivity index (χ0) is 16.8. The van der Waals surface area contributed by atoms with Crippen molar-refractivity contribution < 1.29 is 19.0 Å². The fourth-order valence-electron chi connectivity index (χ4n) is 3.01. The summed E-state index contributed by atoms with van der Waals surface area (Å²) in [5, 5.41) is 10.1. The third-order valence-electron chi connectivity index (χ3n) is 4.35. The number of ether oxygens (including phenoxy) is 1. The lowest BCUT2D eigenvalue weighted by atomic mass is 9.94. The van der Waals surface area contributed by atoms with Gasteiger partial charge in [-0.2, -0.15) is 0 Å². The highest BCUT2D eigenvalue weighted by Crippen LogP contribution is 2.24. The molecule has 128 valence electrons. The minimum absolute atomic E-state index is 0.0330. The predicted octanol–water partition coefficient (Wildman–Crippen LogP) is 0.453. The highest BCUT2D eigenvalue weighted by molar-refractivity contribution is 5.79. The van der Waals surface area contributed by atoms with Gasteiger partial charge in [0, 0.05) is 27.1 Å². The van der Waals surface area contributed by atoms with Gasteiger partial charge >= 0.3 is 0 Å². The van der Waals surface area contributed by atoms with Gasteiger partial charge in [0.25, 0.3) is 0 Å². The summed E-state index contributed by atoms with van der Waals surface area (Å²) in [5.74, 6) is -0.0678. The number of nitrogens with zero attached hydrogens (tertiary/aromatic N) is 3. The number of aryl methyl sites for hydroxylation is 1. The van der Waals surface area contributed by atoms with Crippen LogP contribution in [0.1, 0.15) is 37.1 Å². The zero-order valence-corrected chi connectivity index (χ0v) is 13.9. The first-order valence-electron chi connectivity index (χ1n) is 7.87. The minimum atomic E-state index is -0.0984. The zero-order valence-electron chi connectivity index (χ0n) is 13.9. The van der Waals surface area contributed by atoms with E-state index in [9.17, 15) is 9.59 Å². The summed E-state index contributed by atoms with van der Waals surface area (Å²) in [6.45, 7) is 2.43. The van der Waals surface area contributed by atoms with E-state index in [1.807, 2.05) is 4.90 Å². The van der Waals surface area contributed by atoms with Gasteiger partial charge in [-0.15, -0.1) is 0 Å². The molecule has 8 heteroatoms. The molecule has 1 aliphatic heterocycles. The molecule has 0 aliphatic carbocycles. The van der Waals surface area contributed by atoms with Crippen LogP contribution in [-0.4, -0.2) is 59.9 Å². The first-order valence-corrected chi connectivity index (χ1v) is 7.87. The third kappa shape index (κ3) is 4.28. The maximum atomic E-state index is 12.7. The number of likely N-dealkylation sites (tertiary alicyclic amines) is 1. The summed E-state index contributed by atoms with van der Waals surface area (Å²) in [7, 11) is 3.26. The SMILES string of the molecule is CNC(=O)CC[C@H]1[C@@H](OC)CCCN1C(=O)Cc1nonc1C. The van der Waals surface area contributed by atoms with E-state index in [1.165, 1.54) is 0 Å². The van der Waals surface area contributed by atoms with Crippen LogP contribution in [-0.2, 0) is 20.7 Å². The smallest absolute Gasteiger partial charge is 0.229 e. The molecule has 1 saturated heterocycles. The summed E-state index contributed by atoms with van der Waals surface area (Å²) in [6.07, 6.45) is 2.84. The fraction of sp³-hybridized carbons (Fsp3) is 0.733. The average molecular weight is 324 g/mol. The molecule has 23 heavy (non-hydrogen) atoms. The Morgan fingerprint density at radius 1 is 1.43 bits per heavy atom. The molecular weight excluding hydrogens is 300 g/mol. The third-order valence-corrected chi connectivity index (χ3v) is 4.35. The van der Waals surface area contributed by atoms with Gasteiger partial charge in [-0.05, 0) is 26.2 Å². The number of aromatic nitrogens is 2. The standard InChI is InChI=1S/C15H24N4O4/c1-10-11(18-23-17-10)9-15(21)19-8-4-5-13(22-3)12(19)6-7-14(20)16-2/h12-13H,4-9H2,1-3H3,(H,16,20)/t12-,13-/m0/s1. The van der Waals surface area contributed by atoms with Crippen LogP contribution in [0.5, 0.6) is 0 Å². The number of nitrogens with one attached hydrogen (secondary N) is 1. The molecule has 0 radical (unpaired) electrons. The molecule has 1 fully saturated rings. The number of methoxy groups -OCH3 is 1. The summed E-state index contributed by atoms with van der Waals surface area (Å²) >= 11 is 0. The lowest BCUT2D eigenvalue weighted by Gasteiger charge is -2.40. The minimum Gasteiger partial charge on any atom is -0.379 e. The monoisotopic (exact) mass is 324 g/mol. The van der Waals surface area contributed by atoms with Gasteiger partial charge in [-0.1, -0.05) is 10.3 Å². The van der Waals surface area contributed by atoms with Crippen molar-refractivity contribution in [2.75, 3.05) is 20.7 Å². The van der Waals surface area contributed by atoms with Crippen LogP contribution in [0.4, 0.5) is 0 Å². The number of hydrogen-bond donors (Lipinski definition) is 1. The molecule has 1 aromatic rings. The van der Waals surface area contributed by atoms with Crippen LogP contribution in [0.15, 0.2) is 4.63 Å². The van der Waals surface area contributed by atoms with Crippen LogP contribution in [0, 0.1) is 6.92 Å². The van der Waals surface area contributed by atoms with E-state index in [0.29, 0.717) is 30.8 Å². The van der Waals surface area contributed by atoms with Crippen LogP contribution in [0.3, 0.4) is 0 Å². The summed E-state index contributed by atoms with van der Waals surface area (Å²) < 4.78 is 10.2. The van der Waals surface area contributed by atoms with Crippen molar-refractivity contribution in [2.24, 2.45) is 0 Å². The Morgan fingerprint density at radius 3 is 2.83 bits per heavy atom. The molecule has 2 amide bonds. The second-order valence-electron chi connectivity index (χ2n) is 5.76. The van der Waals surface area contributed by atoms with Crippen molar-refractivity contribution in [3.8, 4) is 0 Å². The topological polar surface area (TPSA) is 97.6 Å². The molecule has 1 N–H and O–H groups in total. The second-order valence-corrected chi connectivity index (χ2v) is 5.76. The Bertz CT molecular complexity index is 545. The Balaban J connectivity index is 2.07. The normalized spacial score (nSPS) is 21.3. The second kappa shape index (κ2) is 8.05. The lowest BCUT2D eigenvalue weighted by molar-refractivity contribution is -0.140. The van der Waals surface area contributed by atoms with E-state index < -0.39 is 0 Å². The largest absolute Gasteiger partial charge is 0.379 e. The van der Waals surface area contributed by atoms with Gasteiger partial charge in [-0.25, -0.2) is 4.63 Å². The Morgan fingerprint density at radius 2 is 2.22 bits per heavy atom. The number of hydrogen-bond acceptors (Lipinski definition) is 6. The maximum absolute atomic E-state index is 12.7. The van der Waals surface area contributed by atoms with Gasteiger partial charge < -0.3 is 15.0 Å². The molecule has 8 nitrogen and oxygen atoms in total. The van der Waals surface area contributed by atoms with Gasteiger partial charge in [0.1, 0.15) is 11.4 Å². The number of carbonyl (C=O) groups is 2. The van der Waals surface area contributed by atoms with Crippen LogP contribution in [0.2, 0.25) is 0 Å². The molecule has 0 unspecified atom stereocenters. The van der Waals surface area contributed by atoms with Gasteiger partial charge in [0.15, 0.2) is 0 Å². The molecule has 0 bridgehead atoms. The van der Waals surface area contributed by atoms with E-state index in [0.717, 1.165) is 12.8 Å². The Kier molecular flexibility index (Phi) is 6.09. The van der Waals surface area contributed by atoms with Crippen LogP contribution < -0.4 is 5.32 Å². The van der Waals surface area contributed by atoms with Crippen molar-refractivity contribution >= 4 is 11.8 Å². The Hall–Kier alpha value is -1.96. The highest BCUT2D eigenvalue weighted by Gasteiger charge is 2.34. The van der Waals surface area contributed by atoms with E-state index >= 15 is 0 Å². The molecule has 0 saturated carbocycles. The highest BCUT2D eigenvalue weighted by atomic mass is 16.6. The van der Waals surface area contributed by atoms with Crippen molar-refractivity contribution in [3.63, 3.8) is 0 Å². The van der Waals surface area contributed by atoms with Gasteiger partial charge in [0.05, 0.1) is 18.6 Å². The number of carbonyl (C=O) groups excluding carboxylic acids is 2. The van der Waals surface area contributed by atoms with E-state index in [1.54, 1.807) is 21.1 Å². The summed E-state index contributed by atoms with van der Waals surface area (Å²) in [6, 6.07) is -0.0984. The molecule has 0 aromatic carbocycles. The van der Waals surface area contributed by atoms with Crippen LogP contribution >= 0.6 is 0 Å². The van der Waals surface area contributed by atoms with Gasteiger partial charge in [-0.3, -0.25) is 9.59 Å². The predicted molar refractivity (Wildman–Crippen MR) is 81.6 cm³/mol. The molecule has 1 aromatic heterocycles. The van der Waals surface area contributed by atoms with E-state index in [4.69, 9.17) is 4.74 Å². The van der Waals surface area contributed by atoms with Crippen molar-refractivity contribution in [3.05, 3.63) is 11.4 Å². The molecule has 2 atom stereocenters. The molecule has 2 heterocycles. The van der Waals surface area contributed by atoms with Crippen molar-refractivity contribution in [1.82, 2.24) is 20.5 Å². The number of amides is 2. The Labute approximate surface area is 135 Å². The van der Waals surface area contributed by atoms with Crippen molar-refractivity contribution in [1.29, 1.82) is 0 Å². The number of piperidine rings is 1. The van der Waals surface area contributed by atoms with E-state index in [2.05, 4.69) is 20.3 Å². The number of rotatable bonds is 6. The summed E-state index contributed by atoms with van der Waals surface area (Å²) in [5.41, 5.74) is 1.18. The van der Waals surface area contributed by atoms with Crippen LogP contribution in [0.25, 0.3) is 0 Å². The first-order chi connectivity index (χ1) is 11.1. The van der Waals surface area contributed by atoms with Crippen molar-refractivity contribution in [2.45, 2.75) is 51.2 Å². The fourth-order valence-corrected chi connectivity index (χ4v) is 3.01. The first kappa shape index (κ1) is 17.4. The quantitative estimate of drug-likeness (QED) is 0.816. The molecule has 2 rings (SSSR count). The molecule has 0 spiro atoms. The van der Waals surface area contributed by atoms with Gasteiger partial charge in [0.2, 0.25) is 11.8 Å².